The van der Waals surface area contributed by atoms with Crippen molar-refractivity contribution in [3.05, 3.63) is 23.8 Å². The van der Waals surface area contributed by atoms with Crippen LogP contribution in [0.4, 0.5) is 0 Å². The maximum Gasteiger partial charge on any atom is 0.124 e. The fourth-order valence-corrected chi connectivity index (χ4v) is 1.72. The summed E-state index contributed by atoms with van der Waals surface area (Å²) in [5.41, 5.74) is 1.03. The summed E-state index contributed by atoms with van der Waals surface area (Å²) in [4.78, 5) is 0. The summed E-state index contributed by atoms with van der Waals surface area (Å²) in [6.45, 7) is 0.702. The van der Waals surface area contributed by atoms with Crippen LogP contribution in [0.1, 0.15) is 17.4 Å². The predicted molar refractivity (Wildman–Crippen MR) is 51.7 cm³/mol. The molecule has 0 saturated carbocycles. The Morgan fingerprint density at radius 1 is 1.54 bits per heavy atom. The number of rotatable bonds is 1. The van der Waals surface area contributed by atoms with E-state index in [9.17, 15) is 0 Å². The number of ether oxygens (including phenoxy) is 2. The van der Waals surface area contributed by atoms with E-state index in [4.69, 9.17) is 21.1 Å². The van der Waals surface area contributed by atoms with E-state index < -0.39 is 0 Å². The van der Waals surface area contributed by atoms with Gasteiger partial charge in [0.1, 0.15) is 11.5 Å². The molecule has 0 aromatic heterocycles. The number of methoxy groups -OCH3 is 1. The highest BCUT2D eigenvalue weighted by molar-refractivity contribution is 6.21. The van der Waals surface area contributed by atoms with Crippen molar-refractivity contribution >= 4 is 11.6 Å². The van der Waals surface area contributed by atoms with Crippen molar-refractivity contribution in [3.8, 4) is 11.5 Å². The van der Waals surface area contributed by atoms with Gasteiger partial charge in [0.05, 0.1) is 19.1 Å². The summed E-state index contributed by atoms with van der Waals surface area (Å²) in [7, 11) is 1.65. The van der Waals surface area contributed by atoms with Crippen molar-refractivity contribution in [2.75, 3.05) is 13.7 Å². The molecule has 0 amide bonds. The van der Waals surface area contributed by atoms with E-state index in [0.29, 0.717) is 6.61 Å². The lowest BCUT2D eigenvalue weighted by molar-refractivity contribution is 0.284. The molecule has 0 fully saturated rings. The Labute approximate surface area is 82.4 Å². The molecule has 1 heterocycles. The molecule has 1 aliphatic heterocycles. The van der Waals surface area contributed by atoms with E-state index in [1.54, 1.807) is 7.11 Å². The van der Waals surface area contributed by atoms with Crippen molar-refractivity contribution in [3.63, 3.8) is 0 Å². The zero-order chi connectivity index (χ0) is 9.26. The highest BCUT2D eigenvalue weighted by Crippen LogP contribution is 2.38. The molecule has 2 rings (SSSR count). The molecule has 0 spiro atoms. The molecule has 1 aliphatic rings. The van der Waals surface area contributed by atoms with E-state index in [1.165, 1.54) is 0 Å². The third-order valence-corrected chi connectivity index (χ3v) is 2.64. The van der Waals surface area contributed by atoms with Crippen molar-refractivity contribution in [2.24, 2.45) is 0 Å². The van der Waals surface area contributed by atoms with Crippen LogP contribution in [0.2, 0.25) is 0 Å². The second-order valence-electron chi connectivity index (χ2n) is 3.01. The third-order valence-electron chi connectivity index (χ3n) is 2.18. The minimum absolute atomic E-state index is 0.0545. The second-order valence-corrected chi connectivity index (χ2v) is 3.54. The lowest BCUT2D eigenvalue weighted by atomic mass is 10.1. The molecular formula is C10H11ClO2. The molecule has 2 nitrogen and oxygen atoms in total. The first-order valence-electron chi connectivity index (χ1n) is 4.26. The average Bonchev–Trinajstić information content (AvgIpc) is 2.18. The molecule has 0 aliphatic carbocycles. The lowest BCUT2D eigenvalue weighted by Crippen LogP contribution is -2.10. The van der Waals surface area contributed by atoms with Crippen molar-refractivity contribution in [2.45, 2.75) is 11.8 Å². The van der Waals surface area contributed by atoms with Crippen LogP contribution in [0, 0.1) is 0 Å². The van der Waals surface area contributed by atoms with Gasteiger partial charge in [0.2, 0.25) is 0 Å². The molecule has 70 valence electrons. The summed E-state index contributed by atoms with van der Waals surface area (Å²) < 4.78 is 10.6. The van der Waals surface area contributed by atoms with Gasteiger partial charge in [0.15, 0.2) is 0 Å². The first-order chi connectivity index (χ1) is 6.31. The zero-order valence-corrected chi connectivity index (χ0v) is 8.17. The SMILES string of the molecule is COc1ccc2c(c1)C(Cl)CCO2. The van der Waals surface area contributed by atoms with E-state index in [0.717, 1.165) is 23.5 Å². The number of halogens is 1. The molecule has 13 heavy (non-hydrogen) atoms. The van der Waals surface area contributed by atoms with Gasteiger partial charge in [0, 0.05) is 12.0 Å². The molecular weight excluding hydrogens is 188 g/mol. The highest BCUT2D eigenvalue weighted by Gasteiger charge is 2.19. The fourth-order valence-electron chi connectivity index (χ4n) is 1.46. The van der Waals surface area contributed by atoms with Crippen LogP contribution < -0.4 is 9.47 Å². The van der Waals surface area contributed by atoms with Gasteiger partial charge in [-0.2, -0.15) is 0 Å². The van der Waals surface area contributed by atoms with Gasteiger partial charge in [-0.1, -0.05) is 0 Å². The number of fused-ring (bicyclic) bond motifs is 1. The van der Waals surface area contributed by atoms with Crippen LogP contribution in [-0.4, -0.2) is 13.7 Å². The van der Waals surface area contributed by atoms with Crippen LogP contribution in [0.5, 0.6) is 11.5 Å². The minimum atomic E-state index is 0.0545. The quantitative estimate of drug-likeness (QED) is 0.646. The van der Waals surface area contributed by atoms with Crippen LogP contribution in [0.3, 0.4) is 0 Å². The fraction of sp³-hybridized carbons (Fsp3) is 0.400. The van der Waals surface area contributed by atoms with Crippen LogP contribution in [-0.2, 0) is 0 Å². The molecule has 1 atom stereocenters. The van der Waals surface area contributed by atoms with Crippen LogP contribution in [0.25, 0.3) is 0 Å². The van der Waals surface area contributed by atoms with E-state index in [2.05, 4.69) is 0 Å². The van der Waals surface area contributed by atoms with E-state index >= 15 is 0 Å². The normalized spacial score (nSPS) is 20.3. The maximum absolute atomic E-state index is 6.14. The molecule has 0 saturated heterocycles. The first kappa shape index (κ1) is 8.70. The third kappa shape index (κ3) is 1.59. The maximum atomic E-state index is 6.14. The number of hydrogen-bond acceptors (Lipinski definition) is 2. The minimum Gasteiger partial charge on any atom is -0.497 e. The largest absolute Gasteiger partial charge is 0.497 e. The predicted octanol–water partition coefficient (Wildman–Crippen LogP) is 2.76. The highest BCUT2D eigenvalue weighted by atomic mass is 35.5. The van der Waals surface area contributed by atoms with Gasteiger partial charge in [-0.25, -0.2) is 0 Å². The van der Waals surface area contributed by atoms with Gasteiger partial charge in [0.25, 0.3) is 0 Å². The molecule has 3 heteroatoms. The second kappa shape index (κ2) is 3.46. The Balaban J connectivity index is 2.41. The van der Waals surface area contributed by atoms with Crippen molar-refractivity contribution in [1.82, 2.24) is 0 Å². The van der Waals surface area contributed by atoms with E-state index in [-0.39, 0.29) is 5.38 Å². The Kier molecular flexibility index (Phi) is 2.32. The Morgan fingerprint density at radius 2 is 2.38 bits per heavy atom. The molecule has 0 N–H and O–H groups in total. The first-order valence-corrected chi connectivity index (χ1v) is 4.69. The molecule has 0 bridgehead atoms. The monoisotopic (exact) mass is 198 g/mol. The summed E-state index contributed by atoms with van der Waals surface area (Å²) >= 11 is 6.14. The Bertz CT molecular complexity index is 312. The summed E-state index contributed by atoms with van der Waals surface area (Å²) in [5.74, 6) is 1.71. The Hall–Kier alpha value is -0.890. The topological polar surface area (TPSA) is 18.5 Å². The van der Waals surface area contributed by atoms with Gasteiger partial charge in [-0.05, 0) is 18.2 Å². The van der Waals surface area contributed by atoms with Crippen molar-refractivity contribution in [1.29, 1.82) is 0 Å². The van der Waals surface area contributed by atoms with Gasteiger partial charge in [-0.15, -0.1) is 11.6 Å². The average molecular weight is 199 g/mol. The van der Waals surface area contributed by atoms with Crippen LogP contribution >= 0.6 is 11.6 Å². The van der Waals surface area contributed by atoms with E-state index in [1.807, 2.05) is 18.2 Å². The smallest absolute Gasteiger partial charge is 0.124 e. The lowest BCUT2D eigenvalue weighted by Gasteiger charge is -2.21. The molecule has 1 aromatic carbocycles. The van der Waals surface area contributed by atoms with Gasteiger partial charge in [-0.3, -0.25) is 0 Å². The summed E-state index contributed by atoms with van der Waals surface area (Å²) in [6.07, 6.45) is 0.863. The summed E-state index contributed by atoms with van der Waals surface area (Å²) in [6, 6.07) is 5.72. The Morgan fingerprint density at radius 3 is 3.15 bits per heavy atom. The summed E-state index contributed by atoms with van der Waals surface area (Å²) in [5, 5.41) is 0.0545. The van der Waals surface area contributed by atoms with Crippen molar-refractivity contribution < 1.29 is 9.47 Å². The van der Waals surface area contributed by atoms with Gasteiger partial charge >= 0.3 is 0 Å². The van der Waals surface area contributed by atoms with Crippen LogP contribution in [0.15, 0.2) is 18.2 Å². The zero-order valence-electron chi connectivity index (χ0n) is 7.42. The number of alkyl halides is 1. The molecule has 0 radical (unpaired) electrons. The number of hydrogen-bond donors (Lipinski definition) is 0. The molecule has 1 unspecified atom stereocenters. The van der Waals surface area contributed by atoms with Gasteiger partial charge < -0.3 is 9.47 Å². The number of benzene rings is 1. The molecule has 1 aromatic rings. The standard InChI is InChI=1S/C10H11ClO2/c1-12-7-2-3-10-8(6-7)9(11)4-5-13-10/h2-3,6,9H,4-5H2,1H3.